The zero-order chi connectivity index (χ0) is 16.8. The molecule has 1 amide bonds. The second kappa shape index (κ2) is 6.05. The highest BCUT2D eigenvalue weighted by atomic mass is 79.9. The van der Waals surface area contributed by atoms with Gasteiger partial charge in [0, 0.05) is 16.8 Å². The van der Waals surface area contributed by atoms with Crippen molar-refractivity contribution < 1.29 is 14.3 Å². The van der Waals surface area contributed by atoms with Gasteiger partial charge >= 0.3 is 5.97 Å². The van der Waals surface area contributed by atoms with E-state index in [9.17, 15) is 9.59 Å². The summed E-state index contributed by atoms with van der Waals surface area (Å²) in [4.78, 5) is 26.2. The zero-order valence-corrected chi connectivity index (χ0v) is 16.0. The first kappa shape index (κ1) is 17.2. The van der Waals surface area contributed by atoms with Crippen LogP contribution < -0.4 is 0 Å². The van der Waals surface area contributed by atoms with E-state index in [1.54, 1.807) is 4.90 Å². The molecule has 0 saturated heterocycles. The Morgan fingerprint density at radius 1 is 1.22 bits per heavy atom. The fourth-order valence-electron chi connectivity index (χ4n) is 5.73. The number of carbonyl (C=O) groups excluding carboxylic acids is 2. The SMILES string of the molecule is COC(=O)CN(C(=O)CC12CC3CC(CC(Br)(C3)C1)C2)C(C)C. The van der Waals surface area contributed by atoms with Gasteiger partial charge in [-0.3, -0.25) is 9.59 Å². The molecule has 0 spiro atoms. The van der Waals surface area contributed by atoms with Gasteiger partial charge in [0.2, 0.25) is 5.91 Å². The summed E-state index contributed by atoms with van der Waals surface area (Å²) in [6, 6.07) is 0.0217. The zero-order valence-electron chi connectivity index (χ0n) is 14.4. The number of esters is 1. The van der Waals surface area contributed by atoms with E-state index in [-0.39, 0.29) is 34.2 Å². The number of rotatable bonds is 5. The lowest BCUT2D eigenvalue weighted by molar-refractivity contribution is -0.151. The van der Waals surface area contributed by atoms with Crippen LogP contribution >= 0.6 is 15.9 Å². The van der Waals surface area contributed by atoms with Gasteiger partial charge < -0.3 is 9.64 Å². The maximum Gasteiger partial charge on any atom is 0.325 e. The monoisotopic (exact) mass is 385 g/mol. The largest absolute Gasteiger partial charge is 0.468 e. The number of amides is 1. The maximum atomic E-state index is 12.9. The van der Waals surface area contributed by atoms with Crippen LogP contribution in [0.15, 0.2) is 0 Å². The summed E-state index contributed by atoms with van der Waals surface area (Å²) in [6.45, 7) is 3.99. The van der Waals surface area contributed by atoms with Crippen LogP contribution in [0, 0.1) is 17.3 Å². The Morgan fingerprint density at radius 3 is 2.30 bits per heavy atom. The fraction of sp³-hybridized carbons (Fsp3) is 0.889. The molecular weight excluding hydrogens is 358 g/mol. The summed E-state index contributed by atoms with van der Waals surface area (Å²) < 4.78 is 5.02. The molecule has 5 heteroatoms. The molecule has 0 aliphatic heterocycles. The average molecular weight is 386 g/mol. The third-order valence-electron chi connectivity index (χ3n) is 6.11. The number of halogens is 1. The van der Waals surface area contributed by atoms with Crippen molar-refractivity contribution in [3.8, 4) is 0 Å². The first-order valence-corrected chi connectivity index (χ1v) is 9.59. The van der Waals surface area contributed by atoms with Crippen molar-refractivity contribution in [2.75, 3.05) is 13.7 Å². The number of hydrogen-bond acceptors (Lipinski definition) is 3. The Kier molecular flexibility index (Phi) is 4.54. The van der Waals surface area contributed by atoms with Crippen molar-refractivity contribution in [1.29, 1.82) is 0 Å². The molecular formula is C18H28BrNO3. The van der Waals surface area contributed by atoms with E-state index in [4.69, 9.17) is 4.74 Å². The van der Waals surface area contributed by atoms with Crippen LogP contribution in [0.2, 0.25) is 0 Å². The average Bonchev–Trinajstić information content (AvgIpc) is 2.40. The number of ether oxygens (including phenoxy) is 1. The van der Waals surface area contributed by atoms with Gasteiger partial charge in [-0.1, -0.05) is 15.9 Å². The second-order valence-electron chi connectivity index (χ2n) is 8.48. The smallest absolute Gasteiger partial charge is 0.325 e. The van der Waals surface area contributed by atoms with Crippen molar-refractivity contribution >= 4 is 27.8 Å². The van der Waals surface area contributed by atoms with Crippen LogP contribution in [0.4, 0.5) is 0 Å². The van der Waals surface area contributed by atoms with Gasteiger partial charge in [-0.2, -0.15) is 0 Å². The molecule has 0 heterocycles. The lowest BCUT2D eigenvalue weighted by Gasteiger charge is -2.60. The first-order chi connectivity index (χ1) is 10.7. The van der Waals surface area contributed by atoms with Crippen molar-refractivity contribution in [3.05, 3.63) is 0 Å². The predicted molar refractivity (Wildman–Crippen MR) is 92.3 cm³/mol. The van der Waals surface area contributed by atoms with Crippen LogP contribution in [-0.4, -0.2) is 40.8 Å². The molecule has 4 bridgehead atoms. The van der Waals surface area contributed by atoms with E-state index in [1.165, 1.54) is 39.2 Å². The van der Waals surface area contributed by atoms with E-state index in [2.05, 4.69) is 15.9 Å². The van der Waals surface area contributed by atoms with Gasteiger partial charge in [-0.05, 0) is 69.6 Å². The van der Waals surface area contributed by atoms with E-state index >= 15 is 0 Å². The quantitative estimate of drug-likeness (QED) is 0.537. The molecule has 0 N–H and O–H groups in total. The molecule has 23 heavy (non-hydrogen) atoms. The Hall–Kier alpha value is -0.580. The topological polar surface area (TPSA) is 46.6 Å². The van der Waals surface area contributed by atoms with E-state index in [1.807, 2.05) is 13.8 Å². The number of methoxy groups -OCH3 is 1. The first-order valence-electron chi connectivity index (χ1n) is 8.79. The van der Waals surface area contributed by atoms with Crippen LogP contribution in [0.5, 0.6) is 0 Å². The molecule has 4 saturated carbocycles. The highest BCUT2D eigenvalue weighted by molar-refractivity contribution is 9.10. The van der Waals surface area contributed by atoms with Crippen LogP contribution in [0.3, 0.4) is 0 Å². The van der Waals surface area contributed by atoms with Crippen LogP contribution in [-0.2, 0) is 14.3 Å². The summed E-state index contributed by atoms with van der Waals surface area (Å²) in [5.74, 6) is 1.33. The molecule has 4 fully saturated rings. The minimum Gasteiger partial charge on any atom is -0.468 e. The summed E-state index contributed by atoms with van der Waals surface area (Å²) in [7, 11) is 1.37. The van der Waals surface area contributed by atoms with E-state index in [0.29, 0.717) is 6.42 Å². The molecule has 0 aromatic heterocycles. The van der Waals surface area contributed by atoms with Gasteiger partial charge in [0.25, 0.3) is 0 Å². The summed E-state index contributed by atoms with van der Waals surface area (Å²) in [5.41, 5.74) is 0.147. The Balaban J connectivity index is 1.72. The van der Waals surface area contributed by atoms with Gasteiger partial charge in [0.05, 0.1) is 7.11 Å². The molecule has 2 unspecified atom stereocenters. The van der Waals surface area contributed by atoms with E-state index in [0.717, 1.165) is 18.3 Å². The van der Waals surface area contributed by atoms with Crippen LogP contribution in [0.1, 0.15) is 58.8 Å². The highest BCUT2D eigenvalue weighted by Gasteiger charge is 2.57. The van der Waals surface area contributed by atoms with Gasteiger partial charge in [-0.15, -0.1) is 0 Å². The minimum absolute atomic E-state index is 0.0217. The Labute approximate surface area is 147 Å². The summed E-state index contributed by atoms with van der Waals surface area (Å²) in [5, 5.41) is 0. The third-order valence-corrected chi connectivity index (χ3v) is 7.04. The molecule has 2 atom stereocenters. The normalized spacial score (nSPS) is 38.0. The van der Waals surface area contributed by atoms with Crippen molar-refractivity contribution in [1.82, 2.24) is 4.90 Å². The summed E-state index contributed by atoms with van der Waals surface area (Å²) >= 11 is 4.00. The molecule has 130 valence electrons. The van der Waals surface area contributed by atoms with E-state index < -0.39 is 0 Å². The predicted octanol–water partition coefficient (Wildman–Crippen LogP) is 3.52. The molecule has 0 aromatic rings. The third kappa shape index (κ3) is 3.45. The molecule has 4 aliphatic carbocycles. The van der Waals surface area contributed by atoms with Gasteiger partial charge in [-0.25, -0.2) is 0 Å². The Morgan fingerprint density at radius 2 is 1.83 bits per heavy atom. The fourth-order valence-corrected chi connectivity index (χ4v) is 7.24. The molecule has 4 aliphatic rings. The van der Waals surface area contributed by atoms with Gasteiger partial charge in [0.1, 0.15) is 6.54 Å². The van der Waals surface area contributed by atoms with Crippen molar-refractivity contribution in [3.63, 3.8) is 0 Å². The lowest BCUT2D eigenvalue weighted by atomic mass is 9.48. The maximum absolute atomic E-state index is 12.9. The van der Waals surface area contributed by atoms with Crippen molar-refractivity contribution in [2.45, 2.75) is 69.2 Å². The second-order valence-corrected chi connectivity index (χ2v) is 10.2. The number of nitrogens with zero attached hydrogens (tertiary/aromatic N) is 1. The van der Waals surface area contributed by atoms with Crippen LogP contribution in [0.25, 0.3) is 0 Å². The summed E-state index contributed by atoms with van der Waals surface area (Å²) in [6.07, 6.45) is 7.97. The standard InChI is InChI=1S/C18H28BrNO3/c1-12(2)20(10-16(22)23-3)15(21)9-17-5-13-4-14(6-17)8-18(19,7-13)11-17/h12-14H,4-11H2,1-3H3. The Bertz CT molecular complexity index is 490. The molecule has 0 radical (unpaired) electrons. The minimum atomic E-state index is -0.338. The number of hydrogen-bond donors (Lipinski definition) is 0. The highest BCUT2D eigenvalue weighted by Crippen LogP contribution is 2.65. The lowest BCUT2D eigenvalue weighted by Crippen LogP contribution is -2.54. The number of carbonyl (C=O) groups is 2. The number of alkyl halides is 1. The van der Waals surface area contributed by atoms with Gasteiger partial charge in [0.15, 0.2) is 0 Å². The molecule has 4 rings (SSSR count). The van der Waals surface area contributed by atoms with Crippen molar-refractivity contribution in [2.24, 2.45) is 17.3 Å². The molecule has 0 aromatic carbocycles. The molecule has 4 nitrogen and oxygen atoms in total.